The van der Waals surface area contributed by atoms with Crippen molar-refractivity contribution in [2.75, 3.05) is 5.73 Å². The molecule has 1 aliphatic heterocycles. The first-order valence-corrected chi connectivity index (χ1v) is 9.11. The van der Waals surface area contributed by atoms with Crippen molar-refractivity contribution in [1.29, 1.82) is 0 Å². The van der Waals surface area contributed by atoms with E-state index in [0.717, 1.165) is 45.0 Å². The van der Waals surface area contributed by atoms with E-state index >= 15 is 0 Å². The van der Waals surface area contributed by atoms with Crippen molar-refractivity contribution < 1.29 is 9.47 Å². The van der Waals surface area contributed by atoms with Crippen LogP contribution in [0.25, 0.3) is 21.5 Å². The highest BCUT2D eigenvalue weighted by Crippen LogP contribution is 2.36. The van der Waals surface area contributed by atoms with Gasteiger partial charge in [-0.05, 0) is 18.2 Å². The number of thiazole rings is 1. The van der Waals surface area contributed by atoms with E-state index in [0.29, 0.717) is 16.8 Å². The number of anilines is 1. The fourth-order valence-corrected chi connectivity index (χ4v) is 3.80. The van der Waals surface area contributed by atoms with E-state index in [1.54, 1.807) is 6.07 Å². The first kappa shape index (κ1) is 15.8. The van der Waals surface area contributed by atoms with Gasteiger partial charge in [0, 0.05) is 23.6 Å². The van der Waals surface area contributed by atoms with Crippen LogP contribution < -0.4 is 15.2 Å². The highest BCUT2D eigenvalue weighted by atomic mass is 32.1. The number of rotatable bonds is 3. The minimum absolute atomic E-state index is 0.435. The summed E-state index contributed by atoms with van der Waals surface area (Å²) in [7, 11) is 0. The summed E-state index contributed by atoms with van der Waals surface area (Å²) in [5, 5.41) is 0.504. The lowest BCUT2D eigenvalue weighted by atomic mass is 10.1. The summed E-state index contributed by atoms with van der Waals surface area (Å²) in [5.41, 5.74) is 9.34. The number of hydrogen-bond donors (Lipinski definition) is 1. The third kappa shape index (κ3) is 2.88. The highest BCUT2D eigenvalue weighted by Gasteiger charge is 2.17. The number of nitrogens with two attached hydrogens (primary N) is 1. The molecular formula is C20H14N4O2S. The Labute approximate surface area is 158 Å². The summed E-state index contributed by atoms with van der Waals surface area (Å²) in [4.78, 5) is 12.9. The lowest BCUT2D eigenvalue weighted by Crippen LogP contribution is -1.92. The van der Waals surface area contributed by atoms with Crippen molar-refractivity contribution in [2.24, 2.45) is 0 Å². The predicted octanol–water partition coefficient (Wildman–Crippen LogP) is 4.58. The maximum absolute atomic E-state index is 5.97. The Bertz CT molecular complexity index is 1200. The molecule has 5 rings (SSSR count). The Hall–Kier alpha value is -3.45. The van der Waals surface area contributed by atoms with Gasteiger partial charge in [-0.2, -0.15) is 0 Å². The third-order valence-electron chi connectivity index (χ3n) is 4.26. The molecule has 0 amide bonds. The summed E-state index contributed by atoms with van der Waals surface area (Å²) >= 11 is 1.42. The van der Waals surface area contributed by atoms with Gasteiger partial charge in [-0.1, -0.05) is 36.1 Å². The van der Waals surface area contributed by atoms with E-state index in [1.165, 1.54) is 17.7 Å². The molecule has 0 fully saturated rings. The molecule has 0 unspecified atom stereocenters. The second kappa shape index (κ2) is 6.07. The number of nitrogen functional groups attached to an aromatic ring is 1. The van der Waals surface area contributed by atoms with Crippen LogP contribution in [0.15, 0.2) is 61.1 Å². The number of ether oxygens (including phenoxy) is 2. The van der Waals surface area contributed by atoms with Crippen LogP contribution in [0.5, 0.6) is 17.4 Å². The predicted molar refractivity (Wildman–Crippen MR) is 105 cm³/mol. The van der Waals surface area contributed by atoms with Crippen LogP contribution in [0.4, 0.5) is 5.13 Å². The molecule has 0 aliphatic carbocycles. The molecule has 2 N–H and O–H groups in total. The van der Waals surface area contributed by atoms with Gasteiger partial charge < -0.3 is 15.2 Å². The summed E-state index contributed by atoms with van der Waals surface area (Å²) in [5.74, 6) is 2.62. The summed E-state index contributed by atoms with van der Waals surface area (Å²) in [6.07, 6.45) is 2.22. The Morgan fingerprint density at radius 1 is 1.15 bits per heavy atom. The standard InChI is InChI=1S/C20H14N4O2S/c1-11-7-13-6-5-12(8-16(13)25-11)14-9-18(23-10-22-14)26-15-3-2-4-17-19(15)24-20(21)27-17/h2-6,8-10H,1,7H2,(H2,21,24). The lowest BCUT2D eigenvalue weighted by molar-refractivity contribution is 0.449. The van der Waals surface area contributed by atoms with E-state index in [1.807, 2.05) is 36.4 Å². The van der Waals surface area contributed by atoms with Crippen molar-refractivity contribution in [3.8, 4) is 28.6 Å². The average Bonchev–Trinajstić information content (AvgIpc) is 3.22. The van der Waals surface area contributed by atoms with Crippen molar-refractivity contribution >= 4 is 26.7 Å². The fourth-order valence-electron chi connectivity index (χ4n) is 3.05. The Morgan fingerprint density at radius 2 is 2.07 bits per heavy atom. The molecule has 0 bridgehead atoms. The first-order chi connectivity index (χ1) is 13.2. The molecule has 1 aliphatic rings. The van der Waals surface area contributed by atoms with Crippen LogP contribution in [0.2, 0.25) is 0 Å². The Kier molecular flexibility index (Phi) is 3.54. The van der Waals surface area contributed by atoms with E-state index in [4.69, 9.17) is 15.2 Å². The minimum Gasteiger partial charge on any atom is -0.462 e. The van der Waals surface area contributed by atoms with Gasteiger partial charge in [0.1, 0.15) is 23.4 Å². The normalized spacial score (nSPS) is 12.8. The monoisotopic (exact) mass is 374 g/mol. The van der Waals surface area contributed by atoms with Crippen molar-refractivity contribution in [3.05, 3.63) is 66.7 Å². The second-order valence-corrected chi connectivity index (χ2v) is 7.20. The zero-order valence-corrected chi connectivity index (χ0v) is 15.0. The molecule has 4 aromatic rings. The minimum atomic E-state index is 0.435. The number of allylic oxidation sites excluding steroid dienone is 1. The van der Waals surface area contributed by atoms with Crippen LogP contribution in [-0.2, 0) is 6.42 Å². The van der Waals surface area contributed by atoms with Gasteiger partial charge >= 0.3 is 0 Å². The van der Waals surface area contributed by atoms with Gasteiger partial charge in [-0.15, -0.1) is 0 Å². The number of fused-ring (bicyclic) bond motifs is 2. The smallest absolute Gasteiger partial charge is 0.222 e. The number of hydrogen-bond acceptors (Lipinski definition) is 7. The second-order valence-electron chi connectivity index (χ2n) is 6.14. The summed E-state index contributed by atoms with van der Waals surface area (Å²) in [6, 6.07) is 13.5. The lowest BCUT2D eigenvalue weighted by Gasteiger charge is -2.07. The van der Waals surface area contributed by atoms with Gasteiger partial charge in [-0.25, -0.2) is 15.0 Å². The van der Waals surface area contributed by atoms with Gasteiger partial charge in [0.15, 0.2) is 10.9 Å². The van der Waals surface area contributed by atoms with E-state index < -0.39 is 0 Å². The van der Waals surface area contributed by atoms with Gasteiger partial charge in [0.25, 0.3) is 0 Å². The largest absolute Gasteiger partial charge is 0.462 e. The van der Waals surface area contributed by atoms with Crippen LogP contribution in [0, 0.1) is 0 Å². The van der Waals surface area contributed by atoms with E-state index in [2.05, 4.69) is 21.5 Å². The maximum atomic E-state index is 5.97. The molecule has 0 saturated heterocycles. The van der Waals surface area contributed by atoms with Crippen LogP contribution in [-0.4, -0.2) is 15.0 Å². The van der Waals surface area contributed by atoms with E-state index in [-0.39, 0.29) is 0 Å². The summed E-state index contributed by atoms with van der Waals surface area (Å²) in [6.45, 7) is 3.88. The van der Waals surface area contributed by atoms with Gasteiger partial charge in [0.05, 0.1) is 10.4 Å². The Morgan fingerprint density at radius 3 is 3.00 bits per heavy atom. The van der Waals surface area contributed by atoms with Crippen LogP contribution in [0.1, 0.15) is 5.56 Å². The topological polar surface area (TPSA) is 83.2 Å². The molecule has 3 heterocycles. The quantitative estimate of drug-likeness (QED) is 0.565. The van der Waals surface area contributed by atoms with Gasteiger partial charge in [-0.3, -0.25) is 0 Å². The molecule has 6 nitrogen and oxygen atoms in total. The zero-order valence-electron chi connectivity index (χ0n) is 14.2. The van der Waals surface area contributed by atoms with Gasteiger partial charge in [0.2, 0.25) is 5.88 Å². The van der Waals surface area contributed by atoms with Crippen molar-refractivity contribution in [3.63, 3.8) is 0 Å². The Balaban J connectivity index is 1.49. The average molecular weight is 374 g/mol. The summed E-state index contributed by atoms with van der Waals surface area (Å²) < 4.78 is 12.6. The molecule has 0 atom stereocenters. The number of aromatic nitrogens is 3. The molecule has 132 valence electrons. The van der Waals surface area contributed by atoms with E-state index in [9.17, 15) is 0 Å². The molecular weight excluding hydrogens is 360 g/mol. The molecule has 0 spiro atoms. The molecule has 7 heteroatoms. The SMILES string of the molecule is C=C1Cc2ccc(-c3cc(Oc4cccc5sc(N)nc45)ncn3)cc2O1. The fraction of sp³-hybridized carbons (Fsp3) is 0.0500. The molecule has 27 heavy (non-hydrogen) atoms. The van der Waals surface area contributed by atoms with Crippen molar-refractivity contribution in [2.45, 2.75) is 6.42 Å². The molecule has 0 radical (unpaired) electrons. The molecule has 2 aromatic heterocycles. The van der Waals surface area contributed by atoms with Crippen molar-refractivity contribution in [1.82, 2.24) is 15.0 Å². The third-order valence-corrected chi connectivity index (χ3v) is 5.11. The highest BCUT2D eigenvalue weighted by molar-refractivity contribution is 7.22. The van der Waals surface area contributed by atoms with Crippen LogP contribution in [0.3, 0.4) is 0 Å². The molecule has 2 aromatic carbocycles. The maximum Gasteiger partial charge on any atom is 0.222 e. The van der Waals surface area contributed by atoms with Crippen LogP contribution >= 0.6 is 11.3 Å². The number of para-hydroxylation sites is 1. The number of benzene rings is 2. The molecule has 0 saturated carbocycles. The zero-order chi connectivity index (χ0) is 18.4. The first-order valence-electron chi connectivity index (χ1n) is 8.29. The number of nitrogens with zero attached hydrogens (tertiary/aromatic N) is 3.